The Bertz CT molecular complexity index is 429. The lowest BCUT2D eigenvalue weighted by molar-refractivity contribution is -0.156. The molecule has 0 aromatic carbocycles. The summed E-state index contributed by atoms with van der Waals surface area (Å²) in [5, 5.41) is 12.5. The number of hydrogen-bond acceptors (Lipinski definition) is 1. The SMILES string of the molecule is OC([C@@H]1C[C@H]2CC[C@H]1C2)([C@@H]1C[C@H]2CC[C@H]1C2)[C@H]1C[C@H]2CC[C@H]1C2. The minimum atomic E-state index is -0.250. The first-order valence-electron chi connectivity index (χ1n) is 10.9. The first-order valence-corrected chi connectivity index (χ1v) is 10.9. The predicted molar refractivity (Wildman–Crippen MR) is 91.8 cm³/mol. The Hall–Kier alpha value is -0.0400. The van der Waals surface area contributed by atoms with Crippen molar-refractivity contribution < 1.29 is 5.11 Å². The van der Waals surface area contributed by atoms with E-state index >= 15 is 0 Å². The van der Waals surface area contributed by atoms with Gasteiger partial charge >= 0.3 is 0 Å². The number of rotatable bonds is 3. The number of fused-ring (bicyclic) bond motifs is 6. The fourth-order valence-electron chi connectivity index (χ4n) is 9.26. The van der Waals surface area contributed by atoms with Crippen LogP contribution in [0.4, 0.5) is 0 Å². The molecule has 0 amide bonds. The average molecular weight is 315 g/mol. The van der Waals surface area contributed by atoms with Gasteiger partial charge in [0.15, 0.2) is 0 Å². The molecule has 0 heterocycles. The van der Waals surface area contributed by atoms with Crippen molar-refractivity contribution in [2.45, 2.75) is 82.7 Å². The molecule has 6 saturated carbocycles. The molecule has 0 aliphatic heterocycles. The fourth-order valence-corrected chi connectivity index (χ4v) is 9.26. The molecule has 1 heteroatoms. The van der Waals surface area contributed by atoms with Gasteiger partial charge in [-0.2, -0.15) is 0 Å². The summed E-state index contributed by atoms with van der Waals surface area (Å²) >= 11 is 0. The second-order valence-electron chi connectivity index (χ2n) is 10.7. The molecular formula is C22H34O. The highest BCUT2D eigenvalue weighted by atomic mass is 16.3. The molecule has 9 atom stereocenters. The van der Waals surface area contributed by atoms with Gasteiger partial charge in [-0.05, 0) is 111 Å². The lowest BCUT2D eigenvalue weighted by Crippen LogP contribution is -2.55. The maximum Gasteiger partial charge on any atom is 0.0740 e. The van der Waals surface area contributed by atoms with Gasteiger partial charge in [-0.15, -0.1) is 0 Å². The molecule has 0 saturated heterocycles. The second-order valence-corrected chi connectivity index (χ2v) is 10.7. The molecule has 6 rings (SSSR count). The van der Waals surface area contributed by atoms with Gasteiger partial charge in [-0.25, -0.2) is 0 Å². The van der Waals surface area contributed by atoms with Crippen molar-refractivity contribution in [1.29, 1.82) is 0 Å². The molecule has 0 aromatic rings. The monoisotopic (exact) mass is 314 g/mol. The van der Waals surface area contributed by atoms with Gasteiger partial charge in [-0.1, -0.05) is 19.3 Å². The van der Waals surface area contributed by atoms with Crippen LogP contribution in [0.15, 0.2) is 0 Å². The van der Waals surface area contributed by atoms with E-state index in [2.05, 4.69) is 0 Å². The largest absolute Gasteiger partial charge is 0.389 e. The lowest BCUT2D eigenvalue weighted by Gasteiger charge is -2.52. The zero-order valence-electron chi connectivity index (χ0n) is 14.6. The Balaban J connectivity index is 1.38. The molecule has 6 aliphatic carbocycles. The lowest BCUT2D eigenvalue weighted by atomic mass is 9.57. The van der Waals surface area contributed by atoms with E-state index in [0.717, 1.165) is 35.5 Å². The summed E-state index contributed by atoms with van der Waals surface area (Å²) in [6, 6.07) is 0. The second kappa shape index (κ2) is 4.77. The molecule has 1 N–H and O–H groups in total. The number of aliphatic hydroxyl groups is 1. The van der Waals surface area contributed by atoms with Crippen LogP contribution in [-0.2, 0) is 0 Å². The molecule has 6 fully saturated rings. The third-order valence-corrected chi connectivity index (χ3v) is 10.00. The Morgan fingerprint density at radius 1 is 0.478 bits per heavy atom. The van der Waals surface area contributed by atoms with E-state index in [0.29, 0.717) is 17.8 Å². The molecule has 6 bridgehead atoms. The smallest absolute Gasteiger partial charge is 0.0740 e. The van der Waals surface area contributed by atoms with E-state index in [1.54, 1.807) is 0 Å². The molecule has 128 valence electrons. The van der Waals surface area contributed by atoms with Gasteiger partial charge in [0.1, 0.15) is 0 Å². The van der Waals surface area contributed by atoms with Gasteiger partial charge in [-0.3, -0.25) is 0 Å². The third kappa shape index (κ3) is 1.84. The van der Waals surface area contributed by atoms with Crippen LogP contribution in [0.5, 0.6) is 0 Å². The molecular weight excluding hydrogens is 280 g/mol. The van der Waals surface area contributed by atoms with Gasteiger partial charge in [0.25, 0.3) is 0 Å². The first kappa shape index (κ1) is 14.2. The topological polar surface area (TPSA) is 20.2 Å². The highest BCUT2D eigenvalue weighted by Gasteiger charge is 2.63. The van der Waals surface area contributed by atoms with Gasteiger partial charge in [0, 0.05) is 0 Å². The van der Waals surface area contributed by atoms with Crippen LogP contribution in [0.2, 0.25) is 0 Å². The van der Waals surface area contributed by atoms with E-state index in [4.69, 9.17) is 0 Å². The average Bonchev–Trinajstić information content (AvgIpc) is 3.40. The van der Waals surface area contributed by atoms with Crippen molar-refractivity contribution >= 4 is 0 Å². The standard InChI is InChI=1S/C22H34O/c23-22(19-10-13-1-4-16(19)7-13,20-11-14-2-5-17(20)8-14)21-12-15-3-6-18(21)9-15/h13-21,23H,1-12H2/t13-,14-,15-,16-,17-,18-,19-,20+,21+/m0/s1. The van der Waals surface area contributed by atoms with Crippen LogP contribution in [-0.4, -0.2) is 10.7 Å². The van der Waals surface area contributed by atoms with Crippen molar-refractivity contribution in [1.82, 2.24) is 0 Å². The summed E-state index contributed by atoms with van der Waals surface area (Å²) < 4.78 is 0. The molecule has 1 nitrogen and oxygen atoms in total. The Morgan fingerprint density at radius 3 is 1.04 bits per heavy atom. The number of hydrogen-bond donors (Lipinski definition) is 1. The van der Waals surface area contributed by atoms with E-state index in [9.17, 15) is 5.11 Å². The first-order chi connectivity index (χ1) is 11.2. The summed E-state index contributed by atoms with van der Waals surface area (Å²) in [5.41, 5.74) is -0.250. The van der Waals surface area contributed by atoms with E-state index in [-0.39, 0.29) is 5.60 Å². The van der Waals surface area contributed by atoms with Crippen LogP contribution in [0.3, 0.4) is 0 Å². The Kier molecular flexibility index (Phi) is 2.94. The van der Waals surface area contributed by atoms with Crippen LogP contribution in [0.1, 0.15) is 77.0 Å². The third-order valence-electron chi connectivity index (χ3n) is 10.00. The fraction of sp³-hybridized carbons (Fsp3) is 1.00. The molecule has 0 unspecified atom stereocenters. The molecule has 23 heavy (non-hydrogen) atoms. The molecule has 6 aliphatic rings. The Labute approximate surface area is 141 Å². The highest BCUT2D eigenvalue weighted by molar-refractivity contribution is 5.13. The summed E-state index contributed by atoms with van der Waals surface area (Å²) in [6.07, 6.45) is 17.3. The molecule has 0 radical (unpaired) electrons. The highest BCUT2D eigenvalue weighted by Crippen LogP contribution is 2.66. The van der Waals surface area contributed by atoms with Crippen LogP contribution < -0.4 is 0 Å². The minimum Gasteiger partial charge on any atom is -0.389 e. The normalized spacial score (nSPS) is 57.0. The summed E-state index contributed by atoms with van der Waals surface area (Å²) in [4.78, 5) is 0. The zero-order valence-corrected chi connectivity index (χ0v) is 14.6. The van der Waals surface area contributed by atoms with Crippen molar-refractivity contribution in [3.8, 4) is 0 Å². The van der Waals surface area contributed by atoms with Gasteiger partial charge in [0.05, 0.1) is 5.60 Å². The van der Waals surface area contributed by atoms with Crippen molar-refractivity contribution in [3.63, 3.8) is 0 Å². The van der Waals surface area contributed by atoms with Crippen LogP contribution in [0.25, 0.3) is 0 Å². The molecule has 0 aromatic heterocycles. The minimum absolute atomic E-state index is 0.250. The molecule has 0 spiro atoms. The van der Waals surface area contributed by atoms with E-state index in [1.807, 2.05) is 0 Å². The predicted octanol–water partition coefficient (Wildman–Crippen LogP) is 5.03. The Morgan fingerprint density at radius 2 is 0.826 bits per heavy atom. The van der Waals surface area contributed by atoms with Gasteiger partial charge in [0.2, 0.25) is 0 Å². The van der Waals surface area contributed by atoms with Crippen molar-refractivity contribution in [2.24, 2.45) is 53.3 Å². The van der Waals surface area contributed by atoms with Gasteiger partial charge < -0.3 is 5.11 Å². The van der Waals surface area contributed by atoms with Crippen LogP contribution >= 0.6 is 0 Å². The van der Waals surface area contributed by atoms with Crippen LogP contribution in [0, 0.1) is 53.3 Å². The zero-order chi connectivity index (χ0) is 15.2. The van der Waals surface area contributed by atoms with E-state index < -0.39 is 0 Å². The van der Waals surface area contributed by atoms with Crippen molar-refractivity contribution in [3.05, 3.63) is 0 Å². The van der Waals surface area contributed by atoms with Crippen molar-refractivity contribution in [2.75, 3.05) is 0 Å². The summed E-state index contributed by atoms with van der Waals surface area (Å²) in [6.45, 7) is 0. The van der Waals surface area contributed by atoms with E-state index in [1.165, 1.54) is 77.0 Å². The maximum absolute atomic E-state index is 12.5. The maximum atomic E-state index is 12.5. The quantitative estimate of drug-likeness (QED) is 0.775. The summed E-state index contributed by atoms with van der Waals surface area (Å²) in [7, 11) is 0. The summed E-state index contributed by atoms with van der Waals surface area (Å²) in [5.74, 6) is 7.69.